The summed E-state index contributed by atoms with van der Waals surface area (Å²) in [5, 5.41) is 11.7. The first kappa shape index (κ1) is 23.5. The Balaban J connectivity index is 1.55. The summed E-state index contributed by atoms with van der Waals surface area (Å²) in [5.74, 6) is -0.766. The highest BCUT2D eigenvalue weighted by Gasteiger charge is 2.33. The number of nitrogens with zero attached hydrogens (tertiary/aromatic N) is 1. The maximum atomic E-state index is 13.8. The second kappa shape index (κ2) is 10.1. The fourth-order valence-electron chi connectivity index (χ4n) is 3.75. The quantitative estimate of drug-likeness (QED) is 0.301. The second-order valence-corrected chi connectivity index (χ2v) is 8.00. The Bertz CT molecular complexity index is 1280. The molecule has 1 heterocycles. The molecule has 0 amide bonds. The van der Waals surface area contributed by atoms with E-state index < -0.39 is 17.7 Å². The van der Waals surface area contributed by atoms with Crippen molar-refractivity contribution in [2.75, 3.05) is 6.54 Å². The van der Waals surface area contributed by atoms with E-state index in [0.29, 0.717) is 30.6 Å². The predicted molar refractivity (Wildman–Crippen MR) is 122 cm³/mol. The first-order chi connectivity index (χ1) is 16.3. The molecule has 3 aromatic carbocycles. The normalized spacial score (nSPS) is 11.7. The molecule has 0 aliphatic carbocycles. The Kier molecular flexibility index (Phi) is 6.98. The van der Waals surface area contributed by atoms with Crippen LogP contribution in [-0.2, 0) is 30.4 Å². The summed E-state index contributed by atoms with van der Waals surface area (Å²) in [6, 6.07) is 18.9. The molecule has 0 unspecified atom stereocenters. The Morgan fingerprint density at radius 3 is 2.50 bits per heavy atom. The Labute approximate surface area is 194 Å². The monoisotopic (exact) mass is 468 g/mol. The van der Waals surface area contributed by atoms with Gasteiger partial charge in [0.05, 0.1) is 12.0 Å². The van der Waals surface area contributed by atoms with Gasteiger partial charge in [-0.2, -0.15) is 13.2 Å². The number of alkyl halides is 3. The molecule has 0 saturated heterocycles. The van der Waals surface area contributed by atoms with Crippen molar-refractivity contribution in [2.24, 2.45) is 0 Å². The van der Waals surface area contributed by atoms with Crippen molar-refractivity contribution >= 4 is 17.1 Å². The van der Waals surface area contributed by atoms with Gasteiger partial charge >= 0.3 is 12.1 Å². The van der Waals surface area contributed by atoms with Gasteiger partial charge in [0.1, 0.15) is 5.52 Å². The third-order valence-electron chi connectivity index (χ3n) is 5.49. The Morgan fingerprint density at radius 2 is 1.76 bits per heavy atom. The zero-order chi connectivity index (χ0) is 24.1. The molecule has 4 rings (SSSR count). The van der Waals surface area contributed by atoms with Crippen LogP contribution in [0.3, 0.4) is 0 Å². The van der Waals surface area contributed by atoms with E-state index in [1.807, 2.05) is 36.4 Å². The molecular formula is C26H23F3N2O3. The highest BCUT2D eigenvalue weighted by atomic mass is 19.4. The number of oxazole rings is 1. The molecule has 34 heavy (non-hydrogen) atoms. The minimum Gasteiger partial charge on any atom is -0.481 e. The molecule has 0 aliphatic heterocycles. The Hall–Kier alpha value is -3.65. The van der Waals surface area contributed by atoms with Crippen LogP contribution >= 0.6 is 0 Å². The molecule has 5 nitrogen and oxygen atoms in total. The number of hydrogen-bond donors (Lipinski definition) is 2. The summed E-state index contributed by atoms with van der Waals surface area (Å²) < 4.78 is 47.3. The lowest BCUT2D eigenvalue weighted by atomic mass is 9.97. The van der Waals surface area contributed by atoms with Crippen LogP contribution in [0.25, 0.3) is 22.6 Å². The van der Waals surface area contributed by atoms with Crippen LogP contribution in [0, 0.1) is 0 Å². The van der Waals surface area contributed by atoms with Crippen LogP contribution in [0.5, 0.6) is 0 Å². The van der Waals surface area contributed by atoms with E-state index in [9.17, 15) is 18.0 Å². The van der Waals surface area contributed by atoms with Crippen molar-refractivity contribution in [2.45, 2.75) is 32.0 Å². The number of fused-ring (bicyclic) bond motifs is 1. The molecule has 0 spiro atoms. The fraction of sp³-hybridized carbons (Fsp3) is 0.231. The molecule has 0 saturated carbocycles. The first-order valence-electron chi connectivity index (χ1n) is 10.9. The number of aryl methyl sites for hydroxylation is 2. The number of rotatable bonds is 9. The van der Waals surface area contributed by atoms with Gasteiger partial charge in [-0.3, -0.25) is 4.79 Å². The minimum absolute atomic E-state index is 0.0115. The number of carboxylic acid groups (broad SMARTS) is 1. The average molecular weight is 468 g/mol. The summed E-state index contributed by atoms with van der Waals surface area (Å²) in [5.41, 5.74) is 2.62. The van der Waals surface area contributed by atoms with E-state index in [-0.39, 0.29) is 29.9 Å². The van der Waals surface area contributed by atoms with Crippen LogP contribution in [0.4, 0.5) is 13.2 Å². The maximum Gasteiger partial charge on any atom is 0.416 e. The standard InChI is InChI=1S/C26H23F3N2O3/c27-26(28,29)21-15-20(10-9-19(21)8-6-17-4-2-1-3-5-17)25-31-22-11-7-18(14-23(22)34-25)16-30-13-12-24(32)33/h1-5,7,9-11,14-15,30H,6,8,12-13,16H2,(H,32,33). The van der Waals surface area contributed by atoms with Crippen LogP contribution in [0.1, 0.15) is 28.7 Å². The summed E-state index contributed by atoms with van der Waals surface area (Å²) in [6.45, 7) is 0.763. The van der Waals surface area contributed by atoms with Crippen molar-refractivity contribution in [1.29, 1.82) is 0 Å². The number of nitrogens with one attached hydrogen (secondary N) is 1. The van der Waals surface area contributed by atoms with E-state index in [0.717, 1.165) is 17.2 Å². The number of aliphatic carboxylic acids is 1. The molecule has 176 valence electrons. The van der Waals surface area contributed by atoms with Crippen LogP contribution in [0.15, 0.2) is 71.1 Å². The van der Waals surface area contributed by atoms with Gasteiger partial charge in [0, 0.05) is 18.7 Å². The lowest BCUT2D eigenvalue weighted by Crippen LogP contribution is -2.17. The topological polar surface area (TPSA) is 75.4 Å². The highest BCUT2D eigenvalue weighted by Crippen LogP contribution is 2.36. The van der Waals surface area contributed by atoms with Gasteiger partial charge in [-0.15, -0.1) is 0 Å². The van der Waals surface area contributed by atoms with Crippen molar-refractivity contribution < 1.29 is 27.5 Å². The summed E-state index contributed by atoms with van der Waals surface area (Å²) >= 11 is 0. The van der Waals surface area contributed by atoms with Crippen molar-refractivity contribution in [1.82, 2.24) is 10.3 Å². The lowest BCUT2D eigenvalue weighted by Gasteiger charge is -2.14. The number of aromatic nitrogens is 1. The number of hydrogen-bond acceptors (Lipinski definition) is 4. The van der Waals surface area contributed by atoms with Crippen molar-refractivity contribution in [3.63, 3.8) is 0 Å². The fourth-order valence-corrected chi connectivity index (χ4v) is 3.75. The zero-order valence-electron chi connectivity index (χ0n) is 18.2. The molecule has 4 aromatic rings. The largest absolute Gasteiger partial charge is 0.481 e. The van der Waals surface area contributed by atoms with Crippen molar-refractivity contribution in [3.05, 3.63) is 89.0 Å². The molecule has 8 heteroatoms. The molecule has 2 N–H and O–H groups in total. The van der Waals surface area contributed by atoms with E-state index in [1.54, 1.807) is 18.2 Å². The van der Waals surface area contributed by atoms with Gasteiger partial charge < -0.3 is 14.8 Å². The van der Waals surface area contributed by atoms with E-state index in [1.165, 1.54) is 6.07 Å². The number of carbonyl (C=O) groups is 1. The average Bonchev–Trinajstić information content (AvgIpc) is 3.24. The van der Waals surface area contributed by atoms with Crippen LogP contribution < -0.4 is 5.32 Å². The zero-order valence-corrected chi connectivity index (χ0v) is 18.2. The smallest absolute Gasteiger partial charge is 0.416 e. The SMILES string of the molecule is O=C(O)CCNCc1ccc2nc(-c3ccc(CCc4ccccc4)c(C(F)(F)F)c3)oc2c1. The molecule has 0 aliphatic rings. The molecular weight excluding hydrogens is 445 g/mol. The summed E-state index contributed by atoms with van der Waals surface area (Å²) in [4.78, 5) is 15.0. The highest BCUT2D eigenvalue weighted by molar-refractivity contribution is 5.77. The molecule has 0 radical (unpaired) electrons. The first-order valence-corrected chi connectivity index (χ1v) is 10.9. The maximum absolute atomic E-state index is 13.8. The number of benzene rings is 3. The number of carboxylic acids is 1. The van der Waals surface area contributed by atoms with Crippen molar-refractivity contribution in [3.8, 4) is 11.5 Å². The third kappa shape index (κ3) is 5.82. The third-order valence-corrected chi connectivity index (χ3v) is 5.49. The predicted octanol–water partition coefficient (Wildman–Crippen LogP) is 5.86. The van der Waals surface area contributed by atoms with Gasteiger partial charge in [0.25, 0.3) is 0 Å². The minimum atomic E-state index is -4.50. The van der Waals surface area contributed by atoms with E-state index >= 15 is 0 Å². The molecule has 0 bridgehead atoms. The van der Waals surface area contributed by atoms with Gasteiger partial charge in [-0.25, -0.2) is 4.98 Å². The lowest BCUT2D eigenvalue weighted by molar-refractivity contribution is -0.138. The van der Waals surface area contributed by atoms with Crippen LogP contribution in [-0.4, -0.2) is 22.6 Å². The van der Waals surface area contributed by atoms with E-state index in [2.05, 4.69) is 10.3 Å². The van der Waals surface area contributed by atoms with Gasteiger partial charge in [-0.1, -0.05) is 42.5 Å². The number of halogens is 3. The summed E-state index contributed by atoms with van der Waals surface area (Å²) in [7, 11) is 0. The molecule has 0 fully saturated rings. The molecule has 1 aromatic heterocycles. The Morgan fingerprint density at radius 1 is 0.971 bits per heavy atom. The van der Waals surface area contributed by atoms with Gasteiger partial charge in [0.15, 0.2) is 5.58 Å². The summed E-state index contributed by atoms with van der Waals surface area (Å²) in [6.07, 6.45) is -3.71. The van der Waals surface area contributed by atoms with Crippen LogP contribution in [0.2, 0.25) is 0 Å². The van der Waals surface area contributed by atoms with Gasteiger partial charge in [-0.05, 0) is 53.8 Å². The second-order valence-electron chi connectivity index (χ2n) is 8.00. The van der Waals surface area contributed by atoms with E-state index in [4.69, 9.17) is 9.52 Å². The molecule has 0 atom stereocenters. The van der Waals surface area contributed by atoms with Gasteiger partial charge in [0.2, 0.25) is 5.89 Å².